The average Bonchev–Trinajstić information content (AvgIpc) is 3.36. The summed E-state index contributed by atoms with van der Waals surface area (Å²) in [7, 11) is 10.3. The third-order valence-electron chi connectivity index (χ3n) is 3.47. The zero-order valence-electron chi connectivity index (χ0n) is 15.3. The molecule has 4 rings (SSSR count). The Morgan fingerprint density at radius 1 is 0.679 bits per heavy atom. The lowest BCUT2D eigenvalue weighted by molar-refractivity contribution is 0.630. The zero-order valence-corrected chi connectivity index (χ0v) is 19.0. The minimum absolute atomic E-state index is 0. The number of rotatable bonds is 5. The summed E-state index contributed by atoms with van der Waals surface area (Å²) in [4.78, 5) is 2.84. The van der Waals surface area contributed by atoms with E-state index in [1.165, 1.54) is 31.2 Å². The van der Waals surface area contributed by atoms with Crippen molar-refractivity contribution in [1.29, 1.82) is 0 Å². The molecule has 4 heterocycles. The van der Waals surface area contributed by atoms with E-state index >= 15 is 0 Å². The summed E-state index contributed by atoms with van der Waals surface area (Å²) in [6.07, 6.45) is 3.46. The molecule has 12 nitrogen and oxygen atoms in total. The molecule has 0 unspecified atom stereocenters. The van der Waals surface area contributed by atoms with Crippen LogP contribution < -0.4 is 0 Å². The second-order valence-electron chi connectivity index (χ2n) is 5.35. The molecule has 0 atom stereocenters. The van der Waals surface area contributed by atoms with E-state index in [1.54, 1.807) is 35.9 Å². The largest absolute Gasteiger partial charge is 0.260 e. The molecule has 0 fully saturated rings. The normalized spacial score (nSPS) is 10.6. The van der Waals surface area contributed by atoms with Crippen molar-refractivity contribution in [1.82, 2.24) is 60.0 Å². The van der Waals surface area contributed by atoms with E-state index in [1.807, 2.05) is 14.1 Å². The smallest absolute Gasteiger partial charge is 0.209 e. The van der Waals surface area contributed by atoms with E-state index in [0.717, 1.165) is 21.2 Å². The Hall–Kier alpha value is -2.04. The molecule has 4 aromatic rings. The van der Waals surface area contributed by atoms with Crippen molar-refractivity contribution in [3.8, 4) is 22.8 Å². The summed E-state index contributed by atoms with van der Waals surface area (Å²) in [5.41, 5.74) is 1.64. The van der Waals surface area contributed by atoms with Crippen molar-refractivity contribution in [2.45, 2.75) is 10.1 Å². The van der Waals surface area contributed by atoms with Gasteiger partial charge in [-0.3, -0.25) is 9.36 Å². The molecule has 0 aliphatic heterocycles. The van der Waals surface area contributed by atoms with Crippen LogP contribution in [0.15, 0.2) is 22.4 Å². The van der Waals surface area contributed by atoms with E-state index < -0.39 is 0 Å². The molecule has 28 heavy (non-hydrogen) atoms. The molecule has 0 amide bonds. The fraction of sp³-hybridized carbons (Fsp3) is 0.333. The SMILES string of the molecule is Cn1nnc(-c2cnn(C)c2SSc2c(-c3nnn(C)n3)cnn2C)n1.S.S. The van der Waals surface area contributed by atoms with Gasteiger partial charge < -0.3 is 0 Å². The van der Waals surface area contributed by atoms with Gasteiger partial charge in [0, 0.05) is 14.1 Å². The summed E-state index contributed by atoms with van der Waals surface area (Å²) in [5.74, 6) is 1.06. The molecule has 150 valence electrons. The highest BCUT2D eigenvalue weighted by atomic mass is 33.1. The third kappa shape index (κ3) is 4.18. The van der Waals surface area contributed by atoms with Crippen LogP contribution in [0.3, 0.4) is 0 Å². The highest BCUT2D eigenvalue weighted by molar-refractivity contribution is 8.76. The van der Waals surface area contributed by atoms with Crippen molar-refractivity contribution in [2.75, 3.05) is 0 Å². The molecule has 0 aromatic carbocycles. The maximum atomic E-state index is 4.31. The van der Waals surface area contributed by atoms with E-state index in [2.05, 4.69) is 41.0 Å². The van der Waals surface area contributed by atoms with Crippen molar-refractivity contribution < 1.29 is 0 Å². The number of hydrogen-bond donors (Lipinski definition) is 0. The van der Waals surface area contributed by atoms with Crippen molar-refractivity contribution in [3.63, 3.8) is 0 Å². The summed E-state index contributed by atoms with van der Waals surface area (Å²) < 4.78 is 3.56. The Labute approximate surface area is 181 Å². The van der Waals surface area contributed by atoms with Crippen LogP contribution in [0.1, 0.15) is 0 Å². The first-order valence-electron chi connectivity index (χ1n) is 7.40. The standard InChI is InChI=1S/C12H14N12S2.2H2S/c1-21-11(7(5-13-21)9-15-19-23(3)17-9)25-26-12-8(6-14-22(12)2)10-16-20-24(4)18-10;;/h5-6H,1-4H3;2*1H2. The average molecular weight is 459 g/mol. The first-order valence-corrected chi connectivity index (χ1v) is 9.55. The Morgan fingerprint density at radius 2 is 1.07 bits per heavy atom. The van der Waals surface area contributed by atoms with Gasteiger partial charge in [-0.1, -0.05) is 0 Å². The summed E-state index contributed by atoms with van der Waals surface area (Å²) in [5, 5.41) is 34.9. The van der Waals surface area contributed by atoms with Gasteiger partial charge in [-0.25, -0.2) is 0 Å². The van der Waals surface area contributed by atoms with Gasteiger partial charge in [0.05, 0.1) is 37.6 Å². The van der Waals surface area contributed by atoms with Crippen molar-refractivity contribution in [3.05, 3.63) is 12.4 Å². The maximum Gasteiger partial charge on any atom is 0.209 e. The van der Waals surface area contributed by atoms with Crippen LogP contribution >= 0.6 is 48.6 Å². The summed E-state index contributed by atoms with van der Waals surface area (Å²) in [6.45, 7) is 0. The first-order chi connectivity index (χ1) is 12.5. The van der Waals surface area contributed by atoms with Gasteiger partial charge in [0.1, 0.15) is 10.1 Å². The predicted octanol–water partition coefficient (Wildman–Crippen LogP) is 0.560. The lowest BCUT2D eigenvalue weighted by Gasteiger charge is -2.05. The van der Waals surface area contributed by atoms with E-state index in [4.69, 9.17) is 0 Å². The quantitative estimate of drug-likeness (QED) is 0.392. The Morgan fingerprint density at radius 3 is 1.39 bits per heavy atom. The van der Waals surface area contributed by atoms with Crippen LogP contribution in [0.2, 0.25) is 0 Å². The fourth-order valence-corrected chi connectivity index (χ4v) is 4.81. The fourth-order valence-electron chi connectivity index (χ4n) is 2.22. The van der Waals surface area contributed by atoms with Gasteiger partial charge in [-0.05, 0) is 32.0 Å². The van der Waals surface area contributed by atoms with Gasteiger partial charge in [0.15, 0.2) is 0 Å². The van der Waals surface area contributed by atoms with Crippen LogP contribution in [-0.4, -0.2) is 60.0 Å². The van der Waals surface area contributed by atoms with Gasteiger partial charge in [-0.2, -0.15) is 46.8 Å². The van der Waals surface area contributed by atoms with Crippen LogP contribution in [0.25, 0.3) is 22.8 Å². The maximum absolute atomic E-state index is 4.31. The lowest BCUT2D eigenvalue weighted by Crippen LogP contribution is -1.95. The number of tetrazole rings is 2. The first kappa shape index (κ1) is 22.3. The molecule has 0 saturated heterocycles. The summed E-state index contributed by atoms with van der Waals surface area (Å²) in [6, 6.07) is 0. The number of hydrogen-bond acceptors (Lipinski definition) is 10. The Kier molecular flexibility index (Phi) is 7.13. The van der Waals surface area contributed by atoms with Crippen LogP contribution in [0.5, 0.6) is 0 Å². The number of aryl methyl sites for hydroxylation is 4. The number of aromatic nitrogens is 12. The predicted molar refractivity (Wildman–Crippen MR) is 114 cm³/mol. The number of nitrogens with zero attached hydrogens (tertiary/aromatic N) is 12. The highest BCUT2D eigenvalue weighted by Gasteiger charge is 2.20. The third-order valence-corrected chi connectivity index (χ3v) is 6.03. The van der Waals surface area contributed by atoms with E-state index in [0.29, 0.717) is 11.6 Å². The molecular weight excluding hydrogens is 440 g/mol. The molecule has 0 aliphatic carbocycles. The molecule has 0 radical (unpaired) electrons. The zero-order chi connectivity index (χ0) is 18.3. The van der Waals surface area contributed by atoms with Crippen LogP contribution in [0.4, 0.5) is 0 Å². The van der Waals surface area contributed by atoms with E-state index in [9.17, 15) is 0 Å². The lowest BCUT2D eigenvalue weighted by atomic mass is 10.3. The molecule has 0 spiro atoms. The van der Waals surface area contributed by atoms with Gasteiger partial charge in [0.25, 0.3) is 0 Å². The van der Waals surface area contributed by atoms with Gasteiger partial charge >= 0.3 is 0 Å². The van der Waals surface area contributed by atoms with Gasteiger partial charge in [0.2, 0.25) is 11.6 Å². The summed E-state index contributed by atoms with van der Waals surface area (Å²) >= 11 is 0. The van der Waals surface area contributed by atoms with Crippen molar-refractivity contribution in [2.24, 2.45) is 28.2 Å². The second kappa shape index (κ2) is 8.97. The Bertz CT molecular complexity index is 978. The highest BCUT2D eigenvalue weighted by Crippen LogP contribution is 2.43. The van der Waals surface area contributed by atoms with Gasteiger partial charge in [-0.15, -0.1) is 20.4 Å². The van der Waals surface area contributed by atoms with E-state index in [-0.39, 0.29) is 27.0 Å². The molecule has 0 aliphatic rings. The molecule has 0 saturated carbocycles. The molecule has 0 bridgehead atoms. The minimum atomic E-state index is 0. The monoisotopic (exact) mass is 458 g/mol. The molecule has 4 aromatic heterocycles. The van der Waals surface area contributed by atoms with Crippen LogP contribution in [-0.2, 0) is 28.2 Å². The topological polar surface area (TPSA) is 123 Å². The Balaban J connectivity index is 0.00000140. The minimum Gasteiger partial charge on any atom is -0.260 e. The van der Waals surface area contributed by atoms with Crippen molar-refractivity contribution >= 4 is 48.6 Å². The molecule has 0 N–H and O–H groups in total. The second-order valence-corrected chi connectivity index (χ2v) is 7.45. The van der Waals surface area contributed by atoms with Crippen LogP contribution in [0, 0.1) is 0 Å². The molecule has 16 heteroatoms. The molecular formula is C12H18N12S4.